The number of halogens is 2. The summed E-state index contributed by atoms with van der Waals surface area (Å²) < 4.78 is 5.80. The van der Waals surface area contributed by atoms with Crippen LogP contribution in [0, 0.1) is 0 Å². The van der Waals surface area contributed by atoms with Crippen LogP contribution in [0.4, 0.5) is 5.69 Å². The molecule has 3 N–H and O–H groups in total. The number of imidazole rings is 1. The lowest BCUT2D eigenvalue weighted by Gasteiger charge is -2.10. The summed E-state index contributed by atoms with van der Waals surface area (Å²) >= 11 is 12.1. The van der Waals surface area contributed by atoms with Crippen LogP contribution in [0.3, 0.4) is 0 Å². The van der Waals surface area contributed by atoms with Crippen LogP contribution in [0.15, 0.2) is 65.5 Å². The van der Waals surface area contributed by atoms with Gasteiger partial charge in [0.2, 0.25) is 0 Å². The Morgan fingerprint density at radius 1 is 0.893 bits per heavy atom. The fraction of sp³-hybridized carbons (Fsp3) is 0.0952. The van der Waals surface area contributed by atoms with Crippen LogP contribution in [0.25, 0.3) is 11.0 Å². The number of nitrogens with one attached hydrogen (secondary N) is 3. The zero-order chi connectivity index (χ0) is 19.5. The smallest absolute Gasteiger partial charge is 0.323 e. The Bertz CT molecular complexity index is 1170. The molecule has 5 nitrogen and oxygen atoms in total. The van der Waals surface area contributed by atoms with E-state index in [2.05, 4.69) is 15.3 Å². The molecule has 0 spiro atoms. The lowest BCUT2D eigenvalue weighted by molar-refractivity contribution is 0.306. The third-order valence-corrected chi connectivity index (χ3v) is 4.93. The summed E-state index contributed by atoms with van der Waals surface area (Å²) in [4.78, 5) is 16.8. The zero-order valence-electron chi connectivity index (χ0n) is 14.8. The van der Waals surface area contributed by atoms with E-state index in [1.807, 2.05) is 48.5 Å². The second-order valence-electron chi connectivity index (χ2n) is 6.36. The number of fused-ring (bicyclic) bond motifs is 1. The third-order valence-electron chi connectivity index (χ3n) is 4.35. The summed E-state index contributed by atoms with van der Waals surface area (Å²) in [5.74, 6) is 0.765. The van der Waals surface area contributed by atoms with Crippen LogP contribution < -0.4 is 15.7 Å². The highest BCUT2D eigenvalue weighted by molar-refractivity contribution is 6.35. The number of aromatic nitrogens is 2. The van der Waals surface area contributed by atoms with E-state index < -0.39 is 0 Å². The van der Waals surface area contributed by atoms with Gasteiger partial charge in [-0.05, 0) is 48.0 Å². The maximum atomic E-state index is 11.3. The molecule has 7 heteroatoms. The third kappa shape index (κ3) is 4.32. The molecule has 0 aliphatic carbocycles. The van der Waals surface area contributed by atoms with Crippen molar-refractivity contribution in [3.8, 4) is 5.75 Å². The van der Waals surface area contributed by atoms with Crippen molar-refractivity contribution >= 4 is 39.9 Å². The van der Waals surface area contributed by atoms with E-state index in [1.54, 1.807) is 12.1 Å². The van der Waals surface area contributed by atoms with E-state index in [0.717, 1.165) is 33.6 Å². The van der Waals surface area contributed by atoms with Gasteiger partial charge >= 0.3 is 5.69 Å². The Morgan fingerprint density at radius 3 is 2.46 bits per heavy atom. The second-order valence-corrected chi connectivity index (χ2v) is 7.21. The quantitative estimate of drug-likeness (QED) is 0.398. The molecule has 0 unspecified atom stereocenters. The highest BCUT2D eigenvalue weighted by Gasteiger charge is 2.04. The molecule has 0 aliphatic rings. The Labute approximate surface area is 171 Å². The minimum atomic E-state index is -0.206. The number of benzene rings is 3. The summed E-state index contributed by atoms with van der Waals surface area (Å²) in [6, 6.07) is 18.9. The predicted molar refractivity (Wildman–Crippen MR) is 113 cm³/mol. The van der Waals surface area contributed by atoms with Crippen molar-refractivity contribution in [3.63, 3.8) is 0 Å². The van der Waals surface area contributed by atoms with Gasteiger partial charge in [-0.25, -0.2) is 4.79 Å². The maximum absolute atomic E-state index is 11.3. The summed E-state index contributed by atoms with van der Waals surface area (Å²) in [7, 11) is 0. The molecule has 4 rings (SSSR count). The van der Waals surface area contributed by atoms with Crippen molar-refractivity contribution in [3.05, 3.63) is 92.3 Å². The van der Waals surface area contributed by atoms with Gasteiger partial charge < -0.3 is 20.0 Å². The summed E-state index contributed by atoms with van der Waals surface area (Å²) in [6.07, 6.45) is 0. The first-order valence-corrected chi connectivity index (χ1v) is 9.44. The average Bonchev–Trinajstić information content (AvgIpc) is 3.06. The molecule has 28 heavy (non-hydrogen) atoms. The molecule has 0 bridgehead atoms. The van der Waals surface area contributed by atoms with Gasteiger partial charge in [0.05, 0.1) is 11.0 Å². The van der Waals surface area contributed by atoms with Crippen LogP contribution in [0.1, 0.15) is 11.1 Å². The average molecular weight is 414 g/mol. The molecular formula is C21H17Cl2N3O2. The predicted octanol–water partition coefficient (Wildman–Crippen LogP) is 5.35. The minimum Gasteiger partial charge on any atom is -0.489 e. The van der Waals surface area contributed by atoms with Crippen molar-refractivity contribution in [1.29, 1.82) is 0 Å². The van der Waals surface area contributed by atoms with Crippen LogP contribution >= 0.6 is 23.2 Å². The standard InChI is InChI=1S/C21H17Cl2N3O2/c22-15-4-3-14(18(23)9-15)12-28-17-6-1-13(2-7-17)11-24-16-5-8-19-20(10-16)26-21(27)25-19/h1-10,24H,11-12H2,(H2,25,26,27). The first-order valence-electron chi connectivity index (χ1n) is 8.68. The molecule has 0 radical (unpaired) electrons. The fourth-order valence-electron chi connectivity index (χ4n) is 2.85. The zero-order valence-corrected chi connectivity index (χ0v) is 16.3. The summed E-state index contributed by atoms with van der Waals surface area (Å²) in [5.41, 5.74) is 4.29. The van der Waals surface area contributed by atoms with Gasteiger partial charge in [-0.2, -0.15) is 0 Å². The van der Waals surface area contributed by atoms with Crippen LogP contribution in [-0.2, 0) is 13.2 Å². The number of rotatable bonds is 6. The minimum absolute atomic E-state index is 0.206. The maximum Gasteiger partial charge on any atom is 0.323 e. The van der Waals surface area contributed by atoms with Gasteiger partial charge in [-0.1, -0.05) is 41.4 Å². The van der Waals surface area contributed by atoms with Crippen LogP contribution in [0.2, 0.25) is 10.0 Å². The first kappa shape index (κ1) is 18.5. The highest BCUT2D eigenvalue weighted by atomic mass is 35.5. The summed E-state index contributed by atoms with van der Waals surface area (Å²) in [6.45, 7) is 1.03. The largest absolute Gasteiger partial charge is 0.489 e. The van der Waals surface area contributed by atoms with Gasteiger partial charge in [0, 0.05) is 27.8 Å². The number of hydrogen-bond donors (Lipinski definition) is 3. The van der Waals surface area contributed by atoms with E-state index in [-0.39, 0.29) is 5.69 Å². The lowest BCUT2D eigenvalue weighted by Crippen LogP contribution is -2.00. The van der Waals surface area contributed by atoms with Gasteiger partial charge in [0.1, 0.15) is 12.4 Å². The monoisotopic (exact) mass is 413 g/mol. The lowest BCUT2D eigenvalue weighted by atomic mass is 10.2. The molecule has 0 atom stereocenters. The molecule has 4 aromatic rings. The Balaban J connectivity index is 1.35. The SMILES string of the molecule is O=c1[nH]c2ccc(NCc3ccc(OCc4ccc(Cl)cc4Cl)cc3)cc2[nH]1. The molecule has 0 amide bonds. The van der Waals surface area contributed by atoms with E-state index in [0.29, 0.717) is 23.2 Å². The van der Waals surface area contributed by atoms with E-state index in [1.165, 1.54) is 0 Å². The molecule has 0 saturated carbocycles. The van der Waals surface area contributed by atoms with E-state index in [4.69, 9.17) is 27.9 Å². The van der Waals surface area contributed by atoms with Gasteiger partial charge in [0.25, 0.3) is 0 Å². The Hall–Kier alpha value is -2.89. The topological polar surface area (TPSA) is 69.9 Å². The highest BCUT2D eigenvalue weighted by Crippen LogP contribution is 2.23. The van der Waals surface area contributed by atoms with Crippen molar-refractivity contribution in [2.75, 3.05) is 5.32 Å². The van der Waals surface area contributed by atoms with E-state index in [9.17, 15) is 4.79 Å². The molecular weight excluding hydrogens is 397 g/mol. The Kier molecular flexibility index (Phi) is 5.28. The fourth-order valence-corrected chi connectivity index (χ4v) is 3.31. The van der Waals surface area contributed by atoms with Crippen LogP contribution in [0.5, 0.6) is 5.75 Å². The molecule has 142 valence electrons. The molecule has 1 aromatic heterocycles. The summed E-state index contributed by atoms with van der Waals surface area (Å²) in [5, 5.41) is 4.54. The van der Waals surface area contributed by atoms with E-state index >= 15 is 0 Å². The first-order chi connectivity index (χ1) is 13.6. The molecule has 1 heterocycles. The van der Waals surface area contributed by atoms with Gasteiger partial charge in [0.15, 0.2) is 0 Å². The number of anilines is 1. The van der Waals surface area contributed by atoms with Gasteiger partial charge in [-0.3, -0.25) is 0 Å². The number of H-pyrrole nitrogens is 2. The molecule has 0 saturated heterocycles. The van der Waals surface area contributed by atoms with Crippen molar-refractivity contribution < 1.29 is 4.74 Å². The van der Waals surface area contributed by atoms with Crippen LogP contribution in [-0.4, -0.2) is 9.97 Å². The normalized spacial score (nSPS) is 10.9. The van der Waals surface area contributed by atoms with Crippen molar-refractivity contribution in [2.24, 2.45) is 0 Å². The molecule has 0 aliphatic heterocycles. The number of ether oxygens (including phenoxy) is 1. The number of aromatic amines is 2. The van der Waals surface area contributed by atoms with Gasteiger partial charge in [-0.15, -0.1) is 0 Å². The number of hydrogen-bond acceptors (Lipinski definition) is 3. The molecule has 0 fully saturated rings. The van der Waals surface area contributed by atoms with Crippen molar-refractivity contribution in [1.82, 2.24) is 9.97 Å². The Morgan fingerprint density at radius 2 is 1.68 bits per heavy atom. The van der Waals surface area contributed by atoms with Crippen molar-refractivity contribution in [2.45, 2.75) is 13.2 Å². The molecule has 3 aromatic carbocycles. The second kappa shape index (κ2) is 8.00.